The van der Waals surface area contributed by atoms with Crippen LogP contribution in [0, 0.1) is 5.92 Å². The molecule has 0 atom stereocenters. The summed E-state index contributed by atoms with van der Waals surface area (Å²) < 4.78 is 8.15. The zero-order valence-corrected chi connectivity index (χ0v) is 14.3. The van der Waals surface area contributed by atoms with E-state index in [0.717, 1.165) is 30.1 Å². The largest absolute Gasteiger partial charge is 0.486 e. The Morgan fingerprint density at radius 3 is 2.57 bits per heavy atom. The first-order valence-corrected chi connectivity index (χ1v) is 8.34. The molecule has 120 valence electrons. The molecule has 0 aliphatic heterocycles. The summed E-state index contributed by atoms with van der Waals surface area (Å²) in [6, 6.07) is 15.7. The van der Waals surface area contributed by atoms with Crippen LogP contribution in [-0.2, 0) is 13.2 Å². The molecule has 0 radical (unpaired) electrons. The van der Waals surface area contributed by atoms with Gasteiger partial charge in [-0.3, -0.25) is 0 Å². The van der Waals surface area contributed by atoms with Crippen molar-refractivity contribution in [1.29, 1.82) is 0 Å². The first kappa shape index (κ1) is 15.9. The molecular weight excluding hydrogens is 308 g/mol. The molecule has 0 N–H and O–H groups in total. The summed E-state index contributed by atoms with van der Waals surface area (Å²) in [5.74, 6) is 2.42. The van der Waals surface area contributed by atoms with Crippen molar-refractivity contribution in [3.8, 4) is 5.75 Å². The lowest BCUT2D eigenvalue weighted by Gasteiger charge is -2.12. The van der Waals surface area contributed by atoms with Crippen LogP contribution in [0.25, 0.3) is 11.0 Å². The monoisotopic (exact) mass is 328 g/mol. The van der Waals surface area contributed by atoms with Gasteiger partial charge in [-0.2, -0.15) is 0 Å². The minimum Gasteiger partial charge on any atom is -0.486 e. The molecule has 0 aliphatic rings. The van der Waals surface area contributed by atoms with E-state index >= 15 is 0 Å². The lowest BCUT2D eigenvalue weighted by Crippen LogP contribution is -2.09. The molecule has 0 amide bonds. The molecule has 0 spiro atoms. The molecule has 0 bridgehead atoms. The summed E-state index contributed by atoms with van der Waals surface area (Å²) in [6.45, 7) is 5.89. The van der Waals surface area contributed by atoms with Gasteiger partial charge in [-0.1, -0.05) is 37.6 Å². The zero-order chi connectivity index (χ0) is 16.2. The molecule has 1 aromatic heterocycles. The van der Waals surface area contributed by atoms with Crippen LogP contribution in [-0.4, -0.2) is 9.55 Å². The van der Waals surface area contributed by atoms with Gasteiger partial charge in [-0.15, -0.1) is 0 Å². The van der Waals surface area contributed by atoms with Gasteiger partial charge in [0.05, 0.1) is 11.0 Å². The van der Waals surface area contributed by atoms with Crippen molar-refractivity contribution in [3.05, 3.63) is 59.4 Å². The summed E-state index contributed by atoms with van der Waals surface area (Å²) in [5, 5.41) is 0.710. The van der Waals surface area contributed by atoms with E-state index in [1.165, 1.54) is 5.52 Å². The minimum atomic E-state index is 0.453. The number of nitrogens with zero attached hydrogens (tertiary/aromatic N) is 2. The van der Waals surface area contributed by atoms with Crippen LogP contribution < -0.4 is 4.74 Å². The topological polar surface area (TPSA) is 27.1 Å². The Labute approximate surface area is 141 Å². The molecule has 23 heavy (non-hydrogen) atoms. The Morgan fingerprint density at radius 2 is 1.83 bits per heavy atom. The van der Waals surface area contributed by atoms with E-state index in [1.807, 2.05) is 36.4 Å². The van der Waals surface area contributed by atoms with Gasteiger partial charge in [0, 0.05) is 11.6 Å². The number of ether oxygens (including phenoxy) is 1. The van der Waals surface area contributed by atoms with Gasteiger partial charge < -0.3 is 9.30 Å². The summed E-state index contributed by atoms with van der Waals surface area (Å²) in [6.07, 6.45) is 1.12. The molecule has 3 aromatic rings. The van der Waals surface area contributed by atoms with E-state index in [-0.39, 0.29) is 0 Å². The third-order valence-electron chi connectivity index (χ3n) is 3.85. The number of aryl methyl sites for hydroxylation is 1. The quantitative estimate of drug-likeness (QED) is 0.612. The number of rotatable bonds is 6. The van der Waals surface area contributed by atoms with Gasteiger partial charge in [0.15, 0.2) is 0 Å². The number of imidazole rings is 1. The molecule has 4 heteroatoms. The predicted molar refractivity (Wildman–Crippen MR) is 95.0 cm³/mol. The minimum absolute atomic E-state index is 0.453. The van der Waals surface area contributed by atoms with Gasteiger partial charge in [0.25, 0.3) is 0 Å². The number of halogens is 1. The molecule has 0 fully saturated rings. The number of fused-ring (bicyclic) bond motifs is 1. The average molecular weight is 329 g/mol. The Hall–Kier alpha value is -2.00. The van der Waals surface area contributed by atoms with E-state index in [4.69, 9.17) is 21.3 Å². The fourth-order valence-electron chi connectivity index (χ4n) is 2.55. The predicted octanol–water partition coefficient (Wildman–Crippen LogP) is 5.31. The maximum absolute atomic E-state index is 5.91. The van der Waals surface area contributed by atoms with Gasteiger partial charge in [0.2, 0.25) is 0 Å². The van der Waals surface area contributed by atoms with E-state index in [0.29, 0.717) is 17.5 Å². The summed E-state index contributed by atoms with van der Waals surface area (Å²) in [5.41, 5.74) is 2.19. The van der Waals surface area contributed by atoms with Crippen molar-refractivity contribution in [2.24, 2.45) is 5.92 Å². The first-order chi connectivity index (χ1) is 11.1. The second-order valence-electron chi connectivity index (χ2n) is 6.09. The van der Waals surface area contributed by atoms with Gasteiger partial charge in [0.1, 0.15) is 18.2 Å². The lowest BCUT2D eigenvalue weighted by atomic mass is 10.1. The van der Waals surface area contributed by atoms with Crippen molar-refractivity contribution < 1.29 is 4.74 Å². The van der Waals surface area contributed by atoms with Crippen molar-refractivity contribution in [3.63, 3.8) is 0 Å². The Bertz CT molecular complexity index is 778. The Kier molecular flexibility index (Phi) is 4.87. The van der Waals surface area contributed by atoms with Gasteiger partial charge >= 0.3 is 0 Å². The SMILES string of the molecule is CC(C)CCn1c(COc2ccc(Cl)cc2)nc2ccccc21. The molecule has 0 aliphatic carbocycles. The van der Waals surface area contributed by atoms with Crippen LogP contribution in [0.15, 0.2) is 48.5 Å². The highest BCUT2D eigenvalue weighted by Gasteiger charge is 2.11. The normalized spacial score (nSPS) is 11.3. The maximum Gasteiger partial charge on any atom is 0.147 e. The van der Waals surface area contributed by atoms with E-state index in [9.17, 15) is 0 Å². The van der Waals surface area contributed by atoms with E-state index < -0.39 is 0 Å². The summed E-state index contributed by atoms with van der Waals surface area (Å²) in [4.78, 5) is 4.74. The van der Waals surface area contributed by atoms with Crippen LogP contribution in [0.5, 0.6) is 5.75 Å². The first-order valence-electron chi connectivity index (χ1n) is 7.96. The van der Waals surface area contributed by atoms with Crippen LogP contribution in [0.2, 0.25) is 5.02 Å². The van der Waals surface area contributed by atoms with Gasteiger partial charge in [-0.25, -0.2) is 4.98 Å². The molecule has 2 aromatic carbocycles. The number of benzene rings is 2. The fourth-order valence-corrected chi connectivity index (χ4v) is 2.68. The van der Waals surface area contributed by atoms with Crippen LogP contribution >= 0.6 is 11.6 Å². The number of aromatic nitrogens is 2. The third-order valence-corrected chi connectivity index (χ3v) is 4.10. The summed E-state index contributed by atoms with van der Waals surface area (Å²) >= 11 is 5.91. The van der Waals surface area contributed by atoms with Crippen LogP contribution in [0.4, 0.5) is 0 Å². The van der Waals surface area contributed by atoms with E-state index in [2.05, 4.69) is 30.5 Å². The Balaban J connectivity index is 1.83. The van der Waals surface area contributed by atoms with Crippen molar-refractivity contribution >= 4 is 22.6 Å². The molecule has 0 unspecified atom stereocenters. The molecule has 0 saturated carbocycles. The number of hydrogen-bond acceptors (Lipinski definition) is 2. The lowest BCUT2D eigenvalue weighted by molar-refractivity contribution is 0.288. The highest BCUT2D eigenvalue weighted by molar-refractivity contribution is 6.30. The highest BCUT2D eigenvalue weighted by atomic mass is 35.5. The number of para-hydroxylation sites is 2. The molecular formula is C19H21ClN2O. The Morgan fingerprint density at radius 1 is 1.09 bits per heavy atom. The zero-order valence-electron chi connectivity index (χ0n) is 13.5. The van der Waals surface area contributed by atoms with Gasteiger partial charge in [-0.05, 0) is 48.7 Å². The van der Waals surface area contributed by atoms with Crippen LogP contribution in [0.3, 0.4) is 0 Å². The molecule has 3 rings (SSSR count). The number of hydrogen-bond donors (Lipinski definition) is 0. The fraction of sp³-hybridized carbons (Fsp3) is 0.316. The standard InChI is InChI=1S/C19H21ClN2O/c1-14(2)11-12-22-18-6-4-3-5-17(18)21-19(22)13-23-16-9-7-15(20)8-10-16/h3-10,14H,11-13H2,1-2H3. The molecule has 1 heterocycles. The van der Waals surface area contributed by atoms with Crippen molar-refractivity contribution in [2.75, 3.05) is 0 Å². The molecule has 3 nitrogen and oxygen atoms in total. The maximum atomic E-state index is 5.91. The van der Waals surface area contributed by atoms with Crippen molar-refractivity contribution in [1.82, 2.24) is 9.55 Å². The van der Waals surface area contributed by atoms with E-state index in [1.54, 1.807) is 0 Å². The second-order valence-corrected chi connectivity index (χ2v) is 6.53. The molecule has 0 saturated heterocycles. The average Bonchev–Trinajstić information content (AvgIpc) is 2.90. The second kappa shape index (κ2) is 7.05. The van der Waals surface area contributed by atoms with Crippen molar-refractivity contribution in [2.45, 2.75) is 33.4 Å². The van der Waals surface area contributed by atoms with Crippen LogP contribution in [0.1, 0.15) is 26.1 Å². The highest BCUT2D eigenvalue weighted by Crippen LogP contribution is 2.21. The third kappa shape index (κ3) is 3.85. The smallest absolute Gasteiger partial charge is 0.147 e. The summed E-state index contributed by atoms with van der Waals surface area (Å²) in [7, 11) is 0.